The Morgan fingerprint density at radius 3 is 2.68 bits per heavy atom. The fraction of sp³-hybridized carbons (Fsp3) is 0.278. The second-order valence-corrected chi connectivity index (χ2v) is 7.47. The van der Waals surface area contributed by atoms with Gasteiger partial charge in [0.1, 0.15) is 5.82 Å². The molecule has 0 aromatic carbocycles. The predicted octanol–water partition coefficient (Wildman–Crippen LogP) is 4.14. The topological polar surface area (TPSA) is 71.8 Å². The molecule has 0 saturated carbocycles. The van der Waals surface area contributed by atoms with Crippen LogP contribution < -0.4 is 10.6 Å². The third-order valence-electron chi connectivity index (χ3n) is 3.90. The zero-order chi connectivity index (χ0) is 18.0. The standard InChI is InChI=1S/C18H21N5OS/c1-11-5-7-19-17(9-11)23-16(6-8-20-23)22-18(24)21-13(3)15-10-12(2)25-14(15)4/h5-10,13H,1-4H3,(H2,21,22,24). The van der Waals surface area contributed by atoms with E-state index >= 15 is 0 Å². The van der Waals surface area contributed by atoms with Gasteiger partial charge in [-0.1, -0.05) is 0 Å². The molecular weight excluding hydrogens is 334 g/mol. The number of carbonyl (C=O) groups is 1. The first-order valence-corrected chi connectivity index (χ1v) is 8.87. The quantitative estimate of drug-likeness (QED) is 0.739. The molecule has 3 heterocycles. The van der Waals surface area contributed by atoms with E-state index in [-0.39, 0.29) is 12.1 Å². The van der Waals surface area contributed by atoms with Crippen LogP contribution in [0.25, 0.3) is 5.82 Å². The van der Waals surface area contributed by atoms with E-state index in [1.165, 1.54) is 9.75 Å². The van der Waals surface area contributed by atoms with E-state index in [1.807, 2.05) is 26.0 Å². The molecular formula is C18H21N5OS. The minimum absolute atomic E-state index is 0.0709. The Bertz CT molecular complexity index is 899. The summed E-state index contributed by atoms with van der Waals surface area (Å²) in [6.07, 6.45) is 3.36. The normalized spacial score (nSPS) is 12.0. The Morgan fingerprint density at radius 2 is 2.00 bits per heavy atom. The highest BCUT2D eigenvalue weighted by molar-refractivity contribution is 7.12. The smallest absolute Gasteiger partial charge is 0.320 e. The third-order valence-corrected chi connectivity index (χ3v) is 4.88. The van der Waals surface area contributed by atoms with E-state index in [0.29, 0.717) is 11.6 Å². The highest BCUT2D eigenvalue weighted by atomic mass is 32.1. The number of thiophene rings is 1. The maximum absolute atomic E-state index is 12.4. The molecule has 130 valence electrons. The van der Waals surface area contributed by atoms with Crippen molar-refractivity contribution in [1.29, 1.82) is 0 Å². The highest BCUT2D eigenvalue weighted by Gasteiger charge is 2.15. The molecule has 0 aliphatic heterocycles. The van der Waals surface area contributed by atoms with Gasteiger partial charge in [0.05, 0.1) is 12.2 Å². The molecule has 0 saturated heterocycles. The zero-order valence-electron chi connectivity index (χ0n) is 14.7. The van der Waals surface area contributed by atoms with Crippen molar-refractivity contribution in [2.24, 2.45) is 0 Å². The Kier molecular flexibility index (Phi) is 4.85. The molecule has 3 aromatic rings. The number of anilines is 1. The fourth-order valence-corrected chi connectivity index (χ4v) is 3.75. The summed E-state index contributed by atoms with van der Waals surface area (Å²) in [5.74, 6) is 1.23. The number of hydrogen-bond acceptors (Lipinski definition) is 4. The largest absolute Gasteiger partial charge is 0.331 e. The summed E-state index contributed by atoms with van der Waals surface area (Å²) in [6.45, 7) is 8.11. The van der Waals surface area contributed by atoms with E-state index in [2.05, 4.69) is 40.6 Å². The van der Waals surface area contributed by atoms with Crippen molar-refractivity contribution < 1.29 is 4.79 Å². The molecule has 1 unspecified atom stereocenters. The highest BCUT2D eigenvalue weighted by Crippen LogP contribution is 2.26. The number of pyridine rings is 1. The average Bonchev–Trinajstić information content (AvgIpc) is 3.13. The molecule has 1 atom stereocenters. The molecule has 2 N–H and O–H groups in total. The summed E-state index contributed by atoms with van der Waals surface area (Å²) in [5.41, 5.74) is 2.22. The first-order chi connectivity index (χ1) is 11.9. The number of rotatable bonds is 4. The predicted molar refractivity (Wildman–Crippen MR) is 100 cm³/mol. The number of amides is 2. The van der Waals surface area contributed by atoms with E-state index in [9.17, 15) is 4.79 Å². The SMILES string of the molecule is Cc1ccnc(-n2nccc2NC(=O)NC(C)c2cc(C)sc2C)c1. The lowest BCUT2D eigenvalue weighted by atomic mass is 10.1. The average molecular weight is 355 g/mol. The van der Waals surface area contributed by atoms with Gasteiger partial charge in [0.15, 0.2) is 5.82 Å². The summed E-state index contributed by atoms with van der Waals surface area (Å²) in [4.78, 5) is 19.1. The van der Waals surface area contributed by atoms with Crippen LogP contribution in [0.15, 0.2) is 36.7 Å². The lowest BCUT2D eigenvalue weighted by Gasteiger charge is -2.15. The Hall–Kier alpha value is -2.67. The maximum atomic E-state index is 12.4. The van der Waals surface area contributed by atoms with Crippen LogP contribution in [0.4, 0.5) is 10.6 Å². The molecule has 0 spiro atoms. The summed E-state index contributed by atoms with van der Waals surface area (Å²) < 4.78 is 1.61. The summed E-state index contributed by atoms with van der Waals surface area (Å²) in [5, 5.41) is 10.1. The first-order valence-electron chi connectivity index (χ1n) is 8.05. The molecule has 2 amide bonds. The van der Waals surface area contributed by atoms with Crippen LogP contribution in [-0.4, -0.2) is 20.8 Å². The minimum Gasteiger partial charge on any atom is -0.331 e. The van der Waals surface area contributed by atoms with Crippen molar-refractivity contribution in [3.63, 3.8) is 0 Å². The lowest BCUT2D eigenvalue weighted by molar-refractivity contribution is 0.249. The van der Waals surface area contributed by atoms with Crippen molar-refractivity contribution in [1.82, 2.24) is 20.1 Å². The van der Waals surface area contributed by atoms with Gasteiger partial charge in [0, 0.05) is 22.0 Å². The first kappa shape index (κ1) is 17.2. The van der Waals surface area contributed by atoms with Gasteiger partial charge in [-0.15, -0.1) is 11.3 Å². The van der Waals surface area contributed by atoms with Gasteiger partial charge in [-0.05, 0) is 57.0 Å². The third kappa shape index (κ3) is 3.88. The Morgan fingerprint density at radius 1 is 1.20 bits per heavy atom. The summed E-state index contributed by atoms with van der Waals surface area (Å²) in [6, 6.07) is 7.35. The molecule has 3 aromatic heterocycles. The number of aromatic nitrogens is 3. The molecule has 0 aliphatic carbocycles. The number of urea groups is 1. The Labute approximate surface area is 150 Å². The molecule has 0 radical (unpaired) electrons. The van der Waals surface area contributed by atoms with E-state index in [1.54, 1.807) is 34.5 Å². The van der Waals surface area contributed by atoms with Gasteiger partial charge in [0.25, 0.3) is 0 Å². The van der Waals surface area contributed by atoms with Gasteiger partial charge in [-0.2, -0.15) is 9.78 Å². The van der Waals surface area contributed by atoms with Crippen LogP contribution in [0.1, 0.15) is 33.8 Å². The van der Waals surface area contributed by atoms with Crippen LogP contribution in [-0.2, 0) is 0 Å². The fourth-order valence-electron chi connectivity index (χ4n) is 2.72. The minimum atomic E-state index is -0.273. The second-order valence-electron chi connectivity index (χ2n) is 6.01. The van der Waals surface area contributed by atoms with Gasteiger partial charge in [0.2, 0.25) is 0 Å². The van der Waals surface area contributed by atoms with Crippen molar-refractivity contribution in [2.45, 2.75) is 33.7 Å². The van der Waals surface area contributed by atoms with Crippen molar-refractivity contribution >= 4 is 23.2 Å². The van der Waals surface area contributed by atoms with Crippen LogP contribution in [0.2, 0.25) is 0 Å². The van der Waals surface area contributed by atoms with Gasteiger partial charge >= 0.3 is 6.03 Å². The van der Waals surface area contributed by atoms with Gasteiger partial charge < -0.3 is 5.32 Å². The molecule has 6 nitrogen and oxygen atoms in total. The van der Waals surface area contributed by atoms with Crippen LogP contribution in [0.3, 0.4) is 0 Å². The van der Waals surface area contributed by atoms with E-state index in [0.717, 1.165) is 11.1 Å². The number of nitrogens with one attached hydrogen (secondary N) is 2. The molecule has 25 heavy (non-hydrogen) atoms. The van der Waals surface area contributed by atoms with E-state index < -0.39 is 0 Å². The number of carbonyl (C=O) groups excluding carboxylic acids is 1. The molecule has 0 aliphatic rings. The van der Waals surface area contributed by atoms with Crippen LogP contribution in [0.5, 0.6) is 0 Å². The zero-order valence-corrected chi connectivity index (χ0v) is 15.5. The van der Waals surface area contributed by atoms with Crippen molar-refractivity contribution in [2.75, 3.05) is 5.32 Å². The number of aryl methyl sites for hydroxylation is 3. The van der Waals surface area contributed by atoms with Crippen molar-refractivity contribution in [3.05, 3.63) is 57.5 Å². The number of nitrogens with zero attached hydrogens (tertiary/aromatic N) is 3. The van der Waals surface area contributed by atoms with Crippen LogP contribution in [0, 0.1) is 20.8 Å². The lowest BCUT2D eigenvalue weighted by Crippen LogP contribution is -2.32. The molecule has 0 bridgehead atoms. The molecule has 7 heteroatoms. The van der Waals surface area contributed by atoms with Gasteiger partial charge in [-0.3, -0.25) is 5.32 Å². The van der Waals surface area contributed by atoms with Crippen molar-refractivity contribution in [3.8, 4) is 5.82 Å². The van der Waals surface area contributed by atoms with Crippen LogP contribution >= 0.6 is 11.3 Å². The second kappa shape index (κ2) is 7.06. The Balaban J connectivity index is 1.72. The maximum Gasteiger partial charge on any atom is 0.320 e. The molecule has 3 rings (SSSR count). The van der Waals surface area contributed by atoms with Gasteiger partial charge in [-0.25, -0.2) is 9.78 Å². The summed E-state index contributed by atoms with van der Waals surface area (Å²) in [7, 11) is 0. The molecule has 0 fully saturated rings. The number of hydrogen-bond donors (Lipinski definition) is 2. The monoisotopic (exact) mass is 355 g/mol. The summed E-state index contributed by atoms with van der Waals surface area (Å²) >= 11 is 1.74. The van der Waals surface area contributed by atoms with E-state index in [4.69, 9.17) is 0 Å².